The van der Waals surface area contributed by atoms with E-state index in [1.807, 2.05) is 31.2 Å². The zero-order valence-electron chi connectivity index (χ0n) is 14.3. The molecule has 2 aliphatic rings. The van der Waals surface area contributed by atoms with Crippen LogP contribution in [0.3, 0.4) is 0 Å². The normalized spacial score (nSPS) is 29.5. The topological polar surface area (TPSA) is 52.6 Å². The Hall–Kier alpha value is -1.10. The molecule has 0 bridgehead atoms. The van der Waals surface area contributed by atoms with Crippen LogP contribution < -0.4 is 5.32 Å². The number of piperidine rings is 2. The molecular formula is C19H27ClN2O2. The van der Waals surface area contributed by atoms with Gasteiger partial charge in [0.05, 0.1) is 5.41 Å². The van der Waals surface area contributed by atoms with Crippen LogP contribution in [0.4, 0.5) is 0 Å². The number of carboxylic acids is 1. The minimum absolute atomic E-state index is 0.0352. The van der Waals surface area contributed by atoms with Gasteiger partial charge in [0.2, 0.25) is 0 Å². The second-order valence-corrected chi connectivity index (χ2v) is 7.83. The summed E-state index contributed by atoms with van der Waals surface area (Å²) in [6.45, 7) is 4.99. The molecule has 4 nitrogen and oxygen atoms in total. The highest BCUT2D eigenvalue weighted by Gasteiger charge is 2.48. The van der Waals surface area contributed by atoms with Gasteiger partial charge in [0, 0.05) is 17.1 Å². The quantitative estimate of drug-likeness (QED) is 0.875. The number of benzene rings is 1. The third-order valence-electron chi connectivity index (χ3n) is 5.86. The number of halogens is 1. The van der Waals surface area contributed by atoms with Crippen LogP contribution in [0.1, 0.15) is 38.2 Å². The number of hydrogen-bond donors (Lipinski definition) is 2. The summed E-state index contributed by atoms with van der Waals surface area (Å²) < 4.78 is 0. The van der Waals surface area contributed by atoms with Crippen LogP contribution >= 0.6 is 11.6 Å². The van der Waals surface area contributed by atoms with Crippen molar-refractivity contribution in [2.45, 2.75) is 51.1 Å². The molecule has 2 saturated heterocycles. The van der Waals surface area contributed by atoms with Crippen molar-refractivity contribution in [2.75, 3.05) is 19.6 Å². The third-order valence-corrected chi connectivity index (χ3v) is 6.11. The maximum Gasteiger partial charge on any atom is 0.310 e. The lowest BCUT2D eigenvalue weighted by atomic mass is 9.71. The summed E-state index contributed by atoms with van der Waals surface area (Å²) in [6.07, 6.45) is 4.69. The highest BCUT2D eigenvalue weighted by molar-refractivity contribution is 6.30. The fourth-order valence-electron chi connectivity index (χ4n) is 4.33. The van der Waals surface area contributed by atoms with Gasteiger partial charge in [0.15, 0.2) is 0 Å². The molecule has 2 atom stereocenters. The summed E-state index contributed by atoms with van der Waals surface area (Å²) in [5.41, 5.74) is 0.473. The maximum absolute atomic E-state index is 12.1. The lowest BCUT2D eigenvalue weighted by Gasteiger charge is -2.50. The minimum Gasteiger partial charge on any atom is -0.481 e. The number of carbonyl (C=O) groups is 1. The van der Waals surface area contributed by atoms with E-state index in [9.17, 15) is 9.90 Å². The Bertz CT molecular complexity index is 571. The highest BCUT2D eigenvalue weighted by Crippen LogP contribution is 2.40. The summed E-state index contributed by atoms with van der Waals surface area (Å²) in [5, 5.41) is 14.1. The highest BCUT2D eigenvalue weighted by atomic mass is 35.5. The van der Waals surface area contributed by atoms with Gasteiger partial charge in [-0.3, -0.25) is 9.69 Å². The molecule has 0 aliphatic carbocycles. The molecule has 24 heavy (non-hydrogen) atoms. The van der Waals surface area contributed by atoms with E-state index >= 15 is 0 Å². The molecule has 3 rings (SSSR count). The summed E-state index contributed by atoms with van der Waals surface area (Å²) in [6, 6.07) is 8.37. The second-order valence-electron chi connectivity index (χ2n) is 7.39. The molecule has 1 aromatic carbocycles. The number of hydrogen-bond acceptors (Lipinski definition) is 3. The van der Waals surface area contributed by atoms with Crippen molar-refractivity contribution in [1.82, 2.24) is 10.2 Å². The Labute approximate surface area is 149 Å². The first-order valence-electron chi connectivity index (χ1n) is 8.95. The Morgan fingerprint density at radius 1 is 1.33 bits per heavy atom. The van der Waals surface area contributed by atoms with Crippen LogP contribution in [0.2, 0.25) is 5.02 Å². The lowest BCUT2D eigenvalue weighted by molar-refractivity contribution is -0.157. The van der Waals surface area contributed by atoms with Gasteiger partial charge in [-0.2, -0.15) is 0 Å². The van der Waals surface area contributed by atoms with E-state index in [4.69, 9.17) is 11.6 Å². The van der Waals surface area contributed by atoms with Crippen molar-refractivity contribution in [2.24, 2.45) is 5.41 Å². The molecule has 2 unspecified atom stereocenters. The molecule has 0 aromatic heterocycles. The SMILES string of the molecule is CC1(C(=O)O)CCCN(C2CCNCC2)C1Cc1ccc(Cl)cc1. The molecule has 0 spiro atoms. The number of aliphatic carboxylic acids is 1. The molecular weight excluding hydrogens is 324 g/mol. The number of likely N-dealkylation sites (tertiary alicyclic amines) is 1. The van der Waals surface area contributed by atoms with Crippen LogP contribution in [-0.2, 0) is 11.2 Å². The smallest absolute Gasteiger partial charge is 0.310 e. The molecule has 0 radical (unpaired) electrons. The number of carboxylic acid groups (broad SMARTS) is 1. The monoisotopic (exact) mass is 350 g/mol. The van der Waals surface area contributed by atoms with Crippen LogP contribution in [0.25, 0.3) is 0 Å². The standard InChI is InChI=1S/C19H27ClN2O2/c1-19(18(23)24)9-2-12-22(16-7-10-21-11-8-16)17(19)13-14-3-5-15(20)6-4-14/h3-6,16-17,21H,2,7-13H2,1H3,(H,23,24). The summed E-state index contributed by atoms with van der Waals surface area (Å²) >= 11 is 6.00. The van der Waals surface area contributed by atoms with E-state index in [-0.39, 0.29) is 6.04 Å². The first-order chi connectivity index (χ1) is 11.5. The molecule has 1 aromatic rings. The molecule has 0 saturated carbocycles. The van der Waals surface area contributed by atoms with Gasteiger partial charge in [-0.1, -0.05) is 23.7 Å². The summed E-state index contributed by atoms with van der Waals surface area (Å²) in [5.74, 6) is -0.667. The summed E-state index contributed by atoms with van der Waals surface area (Å²) in [7, 11) is 0. The number of nitrogens with zero attached hydrogens (tertiary/aromatic N) is 1. The molecule has 5 heteroatoms. The predicted octanol–water partition coefficient (Wildman–Crippen LogP) is 3.19. The van der Waals surface area contributed by atoms with Crippen LogP contribution in [0.15, 0.2) is 24.3 Å². The van der Waals surface area contributed by atoms with Crippen LogP contribution in [0.5, 0.6) is 0 Å². The lowest BCUT2D eigenvalue weighted by Crippen LogP contribution is -2.60. The van der Waals surface area contributed by atoms with Gasteiger partial charge in [-0.15, -0.1) is 0 Å². The predicted molar refractivity (Wildman–Crippen MR) is 96.5 cm³/mol. The van der Waals surface area contributed by atoms with E-state index in [0.29, 0.717) is 6.04 Å². The van der Waals surface area contributed by atoms with Crippen molar-refractivity contribution < 1.29 is 9.90 Å². The number of rotatable bonds is 4. The average molecular weight is 351 g/mol. The van der Waals surface area contributed by atoms with Crippen molar-refractivity contribution in [3.8, 4) is 0 Å². The van der Waals surface area contributed by atoms with E-state index in [2.05, 4.69) is 10.2 Å². The first-order valence-corrected chi connectivity index (χ1v) is 9.33. The van der Waals surface area contributed by atoms with Crippen molar-refractivity contribution >= 4 is 17.6 Å². The van der Waals surface area contributed by atoms with Gasteiger partial charge >= 0.3 is 5.97 Å². The van der Waals surface area contributed by atoms with E-state index in [1.54, 1.807) is 0 Å². The summed E-state index contributed by atoms with van der Waals surface area (Å²) in [4.78, 5) is 14.6. The third kappa shape index (κ3) is 3.61. The fourth-order valence-corrected chi connectivity index (χ4v) is 4.45. The molecule has 132 valence electrons. The van der Waals surface area contributed by atoms with Gasteiger partial charge < -0.3 is 10.4 Å². The van der Waals surface area contributed by atoms with Gasteiger partial charge in [-0.05, 0) is 76.4 Å². The van der Waals surface area contributed by atoms with E-state index in [1.165, 1.54) is 0 Å². The Morgan fingerprint density at radius 3 is 2.62 bits per heavy atom. The van der Waals surface area contributed by atoms with Crippen LogP contribution in [0, 0.1) is 5.41 Å². The maximum atomic E-state index is 12.1. The second kappa shape index (κ2) is 7.42. The molecule has 0 amide bonds. The van der Waals surface area contributed by atoms with E-state index < -0.39 is 11.4 Å². The Kier molecular flexibility index (Phi) is 5.48. The molecule has 2 aliphatic heterocycles. The first kappa shape index (κ1) is 17.7. The van der Waals surface area contributed by atoms with Crippen molar-refractivity contribution in [1.29, 1.82) is 0 Å². The average Bonchev–Trinajstić information content (AvgIpc) is 2.59. The molecule has 2 heterocycles. The zero-order chi connectivity index (χ0) is 17.2. The van der Waals surface area contributed by atoms with Crippen LogP contribution in [-0.4, -0.2) is 47.7 Å². The Morgan fingerprint density at radius 2 is 2.00 bits per heavy atom. The molecule has 2 N–H and O–H groups in total. The minimum atomic E-state index is -0.692. The van der Waals surface area contributed by atoms with Crippen molar-refractivity contribution in [3.05, 3.63) is 34.9 Å². The Balaban J connectivity index is 1.87. The van der Waals surface area contributed by atoms with E-state index in [0.717, 1.165) is 62.3 Å². The van der Waals surface area contributed by atoms with Gasteiger partial charge in [0.25, 0.3) is 0 Å². The number of nitrogens with one attached hydrogen (secondary N) is 1. The fraction of sp³-hybridized carbons (Fsp3) is 0.632. The molecule has 2 fully saturated rings. The van der Waals surface area contributed by atoms with Gasteiger partial charge in [0.1, 0.15) is 0 Å². The van der Waals surface area contributed by atoms with Crippen molar-refractivity contribution in [3.63, 3.8) is 0 Å². The zero-order valence-corrected chi connectivity index (χ0v) is 15.1. The largest absolute Gasteiger partial charge is 0.481 e. The van der Waals surface area contributed by atoms with Gasteiger partial charge in [-0.25, -0.2) is 0 Å².